The number of alkyl carbamates (subject to hydrolysis) is 1. The zero-order valence-corrected chi connectivity index (χ0v) is 36.2. The minimum Gasteiger partial charge on any atom is -0.497 e. The first-order chi connectivity index (χ1) is 29.4. The molecule has 0 aliphatic heterocycles. The maximum Gasteiger partial charge on any atom is 0.407 e. The lowest BCUT2D eigenvalue weighted by Crippen LogP contribution is -2.35. The highest BCUT2D eigenvalue weighted by Crippen LogP contribution is 2.31. The Labute approximate surface area is 362 Å². The number of rotatable bonds is 13. The third kappa shape index (κ3) is 9.62. The van der Waals surface area contributed by atoms with Crippen molar-refractivity contribution in [3.63, 3.8) is 0 Å². The second-order valence-corrected chi connectivity index (χ2v) is 17.3. The normalized spacial score (nSPS) is 11.6. The highest BCUT2D eigenvalue weighted by atomic mass is 35.5. The Morgan fingerprint density at radius 1 is 0.967 bits per heavy atom. The van der Waals surface area contributed by atoms with Gasteiger partial charge in [0.15, 0.2) is 27.8 Å². The van der Waals surface area contributed by atoms with E-state index in [1.54, 1.807) is 28.9 Å². The van der Waals surface area contributed by atoms with Crippen LogP contribution in [0.5, 0.6) is 5.75 Å². The molecule has 2 N–H and O–H groups in total. The summed E-state index contributed by atoms with van der Waals surface area (Å²) in [6, 6.07) is 15.1. The summed E-state index contributed by atoms with van der Waals surface area (Å²) in [5.74, 6) is 7.98. The molecule has 0 bridgehead atoms. The lowest BCUT2D eigenvalue weighted by molar-refractivity contribution is 0.0530. The number of nitrogens with zero attached hydrogens (tertiary/aromatic N) is 11. The first-order valence-electron chi connectivity index (χ1n) is 19.1. The monoisotopic (exact) mass is 877 g/mol. The van der Waals surface area contributed by atoms with E-state index >= 15 is 0 Å². The molecule has 8 aromatic rings. The molecule has 17 nitrogen and oxygen atoms in total. The zero-order chi connectivity index (χ0) is 42.7. The van der Waals surface area contributed by atoms with Crippen molar-refractivity contribution in [2.24, 2.45) is 7.05 Å². The smallest absolute Gasteiger partial charge is 0.407 e. The molecular weight excluding hydrogens is 838 g/mol. The van der Waals surface area contributed by atoms with Gasteiger partial charge in [0.25, 0.3) is 5.56 Å². The van der Waals surface area contributed by atoms with Gasteiger partial charge in [-0.15, -0.1) is 16.4 Å². The topological polar surface area (TPSA) is 187 Å². The Morgan fingerprint density at radius 2 is 1.79 bits per heavy atom. The molecule has 6 aromatic heterocycles. The van der Waals surface area contributed by atoms with Crippen LogP contribution in [-0.4, -0.2) is 91.7 Å². The molecule has 61 heavy (non-hydrogen) atoms. The summed E-state index contributed by atoms with van der Waals surface area (Å²) in [6.45, 7) is 7.27. The van der Waals surface area contributed by atoms with E-state index in [1.807, 2.05) is 87.1 Å². The molecule has 0 saturated heterocycles. The molecule has 6 heterocycles. The number of fused-ring (bicyclic) bond motifs is 4. The Kier molecular flexibility index (Phi) is 11.9. The number of methoxy groups -OCH3 is 1. The van der Waals surface area contributed by atoms with Crippen molar-refractivity contribution in [2.75, 3.05) is 31.3 Å². The minimum atomic E-state index is -0.600. The Hall–Kier alpha value is -6.49. The summed E-state index contributed by atoms with van der Waals surface area (Å²) in [6.07, 6.45) is 4.82. The number of aromatic nitrogens is 11. The molecule has 0 saturated carbocycles. The van der Waals surface area contributed by atoms with E-state index in [2.05, 4.69) is 43.0 Å². The number of ether oxygens (including phenoxy) is 2. The van der Waals surface area contributed by atoms with Gasteiger partial charge >= 0.3 is 6.09 Å². The van der Waals surface area contributed by atoms with E-state index in [9.17, 15) is 9.59 Å². The largest absolute Gasteiger partial charge is 0.497 e. The molecule has 0 unspecified atom stereocenters. The summed E-state index contributed by atoms with van der Waals surface area (Å²) in [5.41, 5.74) is 4.17. The molecule has 0 spiro atoms. The third-order valence-corrected chi connectivity index (χ3v) is 11.2. The number of halogens is 1. The second kappa shape index (κ2) is 17.6. The maximum atomic E-state index is 13.5. The first-order valence-corrected chi connectivity index (χ1v) is 21.3. The van der Waals surface area contributed by atoms with Crippen molar-refractivity contribution < 1.29 is 14.3 Å². The summed E-state index contributed by atoms with van der Waals surface area (Å²) in [7, 11) is 3.47. The molecule has 1 amide bonds. The van der Waals surface area contributed by atoms with Crippen LogP contribution in [0.3, 0.4) is 0 Å². The Balaban J connectivity index is 0.935. The van der Waals surface area contributed by atoms with Gasteiger partial charge in [0.2, 0.25) is 0 Å². The van der Waals surface area contributed by atoms with Crippen LogP contribution in [0.25, 0.3) is 32.4 Å². The molecule has 0 radical (unpaired) electrons. The SMILES string of the molecule is COc1cccc(Cn2ncc3c4sc(Cn5cc(C#CCSc6nc(NCCNC(=O)OC(C)(C)C)c7nnn(Cc8ccc(Cl)cc8)c7n6)cn5)nc4n(C)c3c2=O)c1. The average Bonchev–Trinajstić information content (AvgIpc) is 4.02. The van der Waals surface area contributed by atoms with Gasteiger partial charge < -0.3 is 24.7 Å². The molecule has 0 aliphatic rings. The summed E-state index contributed by atoms with van der Waals surface area (Å²) in [5, 5.41) is 26.5. The maximum absolute atomic E-state index is 13.5. The Morgan fingerprint density at radius 3 is 2.59 bits per heavy atom. The van der Waals surface area contributed by atoms with E-state index in [4.69, 9.17) is 36.0 Å². The molecule has 0 aliphatic carbocycles. The van der Waals surface area contributed by atoms with Crippen LogP contribution < -0.4 is 20.9 Å². The van der Waals surface area contributed by atoms with E-state index in [0.717, 1.165) is 43.2 Å². The van der Waals surface area contributed by atoms with Crippen molar-refractivity contribution in [1.29, 1.82) is 0 Å². The van der Waals surface area contributed by atoms with E-state index < -0.39 is 11.7 Å². The quantitative estimate of drug-likeness (QED) is 0.0599. The number of nitrogens with one attached hydrogen (secondary N) is 2. The van der Waals surface area contributed by atoms with Crippen molar-refractivity contribution in [1.82, 2.24) is 59.4 Å². The molecular formula is C41H40ClN13O4S2. The Bertz CT molecular complexity index is 3010. The number of benzene rings is 2. The number of carbonyl (C=O) groups is 1. The van der Waals surface area contributed by atoms with Gasteiger partial charge in [-0.2, -0.15) is 10.2 Å². The highest BCUT2D eigenvalue weighted by molar-refractivity contribution is 7.99. The van der Waals surface area contributed by atoms with E-state index in [0.29, 0.717) is 71.2 Å². The van der Waals surface area contributed by atoms with Gasteiger partial charge in [0.1, 0.15) is 21.9 Å². The number of thioether (sulfide) groups is 1. The fraction of sp³-hybridized carbons (Fsp3) is 0.293. The number of carbonyl (C=O) groups excluding carboxylic acids is 1. The fourth-order valence-corrected chi connectivity index (χ4v) is 8.21. The summed E-state index contributed by atoms with van der Waals surface area (Å²) in [4.78, 5) is 40.1. The van der Waals surface area contributed by atoms with Crippen LogP contribution in [-0.2, 0) is 31.4 Å². The van der Waals surface area contributed by atoms with Crippen LogP contribution in [0.1, 0.15) is 42.5 Å². The van der Waals surface area contributed by atoms with Crippen molar-refractivity contribution in [3.05, 3.63) is 104 Å². The van der Waals surface area contributed by atoms with E-state index in [1.165, 1.54) is 27.8 Å². The summed E-state index contributed by atoms with van der Waals surface area (Å²) < 4.78 is 18.4. The number of amides is 1. The van der Waals surface area contributed by atoms with Gasteiger partial charge in [0, 0.05) is 36.7 Å². The van der Waals surface area contributed by atoms with Crippen molar-refractivity contribution in [2.45, 2.75) is 51.2 Å². The van der Waals surface area contributed by atoms with Crippen molar-refractivity contribution >= 4 is 79.0 Å². The minimum absolute atomic E-state index is 0.185. The second-order valence-electron chi connectivity index (χ2n) is 14.8. The predicted octanol–water partition coefficient (Wildman–Crippen LogP) is 5.96. The fourth-order valence-electron chi connectivity index (χ4n) is 6.40. The van der Waals surface area contributed by atoms with Gasteiger partial charge in [-0.25, -0.2) is 29.1 Å². The molecule has 0 fully saturated rings. The predicted molar refractivity (Wildman–Crippen MR) is 236 cm³/mol. The molecule has 312 valence electrons. The first kappa shape index (κ1) is 41.3. The highest BCUT2D eigenvalue weighted by Gasteiger charge is 2.20. The van der Waals surface area contributed by atoms with Crippen LogP contribution in [0, 0.1) is 11.8 Å². The zero-order valence-electron chi connectivity index (χ0n) is 33.8. The van der Waals surface area contributed by atoms with Crippen LogP contribution in [0.2, 0.25) is 5.02 Å². The lowest BCUT2D eigenvalue weighted by Gasteiger charge is -2.19. The molecule has 0 atom stereocenters. The standard InChI is InChI=1S/C41H40ClN13O4S2/c1-41(2,3)59-40(57)44-16-15-43-35-32-36(54(51-50-32)22-25-11-13-28(42)14-12-25)49-39(48-35)60-17-7-9-27-19-45-53(21-27)24-31-47-37-34(61-31)30-20-46-55(38(56)33(30)52(37)4)23-26-8-6-10-29(18-26)58-5/h6,8,10-14,18-21H,15-17,22-24H2,1-5H3,(H,44,57)(H,43,48,49). The van der Waals surface area contributed by atoms with Gasteiger partial charge in [-0.1, -0.05) is 64.7 Å². The number of aryl methyl sites for hydroxylation is 1. The van der Waals surface area contributed by atoms with Crippen LogP contribution >= 0.6 is 34.7 Å². The average molecular weight is 878 g/mol. The van der Waals surface area contributed by atoms with Crippen molar-refractivity contribution in [3.8, 4) is 17.6 Å². The van der Waals surface area contributed by atoms with Crippen LogP contribution in [0.4, 0.5) is 10.6 Å². The van der Waals surface area contributed by atoms with Gasteiger partial charge in [0.05, 0.1) is 55.2 Å². The number of anilines is 1. The lowest BCUT2D eigenvalue weighted by atomic mass is 10.2. The van der Waals surface area contributed by atoms with Gasteiger partial charge in [-0.05, 0) is 56.2 Å². The third-order valence-electron chi connectivity index (χ3n) is 9.15. The molecule has 2 aromatic carbocycles. The van der Waals surface area contributed by atoms with Crippen LogP contribution in [0.15, 0.2) is 77.1 Å². The number of hydrogen-bond acceptors (Lipinski definition) is 14. The van der Waals surface area contributed by atoms with Gasteiger partial charge in [-0.3, -0.25) is 9.48 Å². The number of thiazole rings is 1. The number of hydrogen-bond donors (Lipinski definition) is 2. The van der Waals surface area contributed by atoms with E-state index in [-0.39, 0.29) is 5.56 Å². The molecule has 20 heteroatoms. The molecule has 8 rings (SSSR count). The summed E-state index contributed by atoms with van der Waals surface area (Å²) >= 11 is 8.99.